The fourth-order valence-corrected chi connectivity index (χ4v) is 2.29. The van der Waals surface area contributed by atoms with Crippen molar-refractivity contribution >= 4 is 29.9 Å². The second-order valence-electron chi connectivity index (χ2n) is 4.87. The van der Waals surface area contributed by atoms with Gasteiger partial charge in [0.15, 0.2) is 11.8 Å². The molecule has 114 valence electrons. The van der Waals surface area contributed by atoms with Gasteiger partial charge < -0.3 is 15.2 Å². The number of guanidine groups is 1. The summed E-state index contributed by atoms with van der Waals surface area (Å²) in [7, 11) is 0. The third-order valence-electron chi connectivity index (χ3n) is 3.21. The van der Waals surface area contributed by atoms with E-state index in [0.29, 0.717) is 30.7 Å². The Hall–Kier alpha value is -0.860. The average Bonchev–Trinajstić information content (AvgIpc) is 3.01. The highest BCUT2D eigenvalue weighted by atomic mass is 127. The zero-order valence-electron chi connectivity index (χ0n) is 12.2. The van der Waals surface area contributed by atoms with Gasteiger partial charge >= 0.3 is 0 Å². The lowest BCUT2D eigenvalue weighted by Crippen LogP contribution is -2.42. The van der Waals surface area contributed by atoms with E-state index in [1.807, 2.05) is 6.92 Å². The molecule has 1 saturated carbocycles. The molecule has 6 nitrogen and oxygen atoms in total. The van der Waals surface area contributed by atoms with Crippen molar-refractivity contribution in [1.82, 2.24) is 20.8 Å². The number of rotatable bonds is 5. The molecule has 0 unspecified atom stereocenters. The van der Waals surface area contributed by atoms with Crippen LogP contribution < -0.4 is 10.6 Å². The van der Waals surface area contributed by atoms with Crippen molar-refractivity contribution in [2.24, 2.45) is 4.99 Å². The first-order valence-electron chi connectivity index (χ1n) is 7.12. The molecular weight excluding hydrogens is 369 g/mol. The second kappa shape index (κ2) is 9.15. The van der Waals surface area contributed by atoms with Gasteiger partial charge in [-0.2, -0.15) is 4.98 Å². The standard InChI is InChI=1S/C13H23N5O.HI/c1-3-14-13(17-11-6-4-5-7-11)15-9-8-12-16-10(2)18-19-12;/h11H,3-9H2,1-2H3,(H2,14,15,17);1H. The molecule has 1 aliphatic rings. The van der Waals surface area contributed by atoms with Crippen LogP contribution in [-0.4, -0.2) is 35.2 Å². The van der Waals surface area contributed by atoms with E-state index in [0.717, 1.165) is 12.5 Å². The van der Waals surface area contributed by atoms with Crippen LogP contribution in [0.3, 0.4) is 0 Å². The largest absolute Gasteiger partial charge is 0.357 e. The second-order valence-corrected chi connectivity index (χ2v) is 4.87. The highest BCUT2D eigenvalue weighted by molar-refractivity contribution is 14.0. The Balaban J connectivity index is 0.00000200. The average molecular weight is 393 g/mol. The molecule has 2 N–H and O–H groups in total. The minimum absolute atomic E-state index is 0. The molecule has 7 heteroatoms. The number of halogens is 1. The summed E-state index contributed by atoms with van der Waals surface area (Å²) in [5.41, 5.74) is 0. The van der Waals surface area contributed by atoms with E-state index in [1.165, 1.54) is 25.7 Å². The third kappa shape index (κ3) is 5.64. The molecule has 0 radical (unpaired) electrons. The minimum atomic E-state index is 0. The fourth-order valence-electron chi connectivity index (χ4n) is 2.29. The van der Waals surface area contributed by atoms with Crippen molar-refractivity contribution in [1.29, 1.82) is 0 Å². The Morgan fingerprint density at radius 1 is 1.40 bits per heavy atom. The van der Waals surface area contributed by atoms with Crippen molar-refractivity contribution in [3.63, 3.8) is 0 Å². The van der Waals surface area contributed by atoms with Crippen LogP contribution in [0.2, 0.25) is 0 Å². The number of hydrogen-bond acceptors (Lipinski definition) is 4. The van der Waals surface area contributed by atoms with Gasteiger partial charge in [0.1, 0.15) is 0 Å². The van der Waals surface area contributed by atoms with Crippen LogP contribution in [-0.2, 0) is 6.42 Å². The number of hydrogen-bond donors (Lipinski definition) is 2. The van der Waals surface area contributed by atoms with Gasteiger partial charge in [-0.05, 0) is 26.7 Å². The van der Waals surface area contributed by atoms with Crippen LogP contribution in [0.1, 0.15) is 44.3 Å². The molecule has 1 heterocycles. The smallest absolute Gasteiger partial charge is 0.228 e. The van der Waals surface area contributed by atoms with Gasteiger partial charge in [-0.15, -0.1) is 24.0 Å². The molecule has 1 aliphatic carbocycles. The lowest BCUT2D eigenvalue weighted by atomic mass is 10.2. The van der Waals surface area contributed by atoms with Gasteiger partial charge in [-0.3, -0.25) is 4.99 Å². The molecule has 0 amide bonds. The van der Waals surface area contributed by atoms with Crippen LogP contribution >= 0.6 is 24.0 Å². The van der Waals surface area contributed by atoms with E-state index in [4.69, 9.17) is 4.52 Å². The fraction of sp³-hybridized carbons (Fsp3) is 0.769. The Bertz CT molecular complexity index is 415. The quantitative estimate of drug-likeness (QED) is 0.455. The monoisotopic (exact) mass is 393 g/mol. The lowest BCUT2D eigenvalue weighted by molar-refractivity contribution is 0.376. The Kier molecular flexibility index (Phi) is 7.86. The van der Waals surface area contributed by atoms with Crippen LogP contribution in [0, 0.1) is 6.92 Å². The normalized spacial score (nSPS) is 16.0. The molecule has 0 spiro atoms. The Morgan fingerprint density at radius 2 is 2.15 bits per heavy atom. The molecule has 1 fully saturated rings. The summed E-state index contributed by atoms with van der Waals surface area (Å²) in [6, 6.07) is 0.573. The van der Waals surface area contributed by atoms with Crippen molar-refractivity contribution in [2.45, 2.75) is 52.0 Å². The third-order valence-corrected chi connectivity index (χ3v) is 3.21. The molecule has 1 aromatic heterocycles. The predicted molar refractivity (Wildman–Crippen MR) is 89.5 cm³/mol. The first kappa shape index (κ1) is 17.2. The van der Waals surface area contributed by atoms with Crippen LogP contribution in [0.15, 0.2) is 9.52 Å². The number of aryl methyl sites for hydroxylation is 1. The summed E-state index contributed by atoms with van der Waals surface area (Å²) in [6.45, 7) is 5.43. The summed E-state index contributed by atoms with van der Waals surface area (Å²) >= 11 is 0. The summed E-state index contributed by atoms with van der Waals surface area (Å²) in [4.78, 5) is 8.72. The highest BCUT2D eigenvalue weighted by Crippen LogP contribution is 2.17. The topological polar surface area (TPSA) is 75.3 Å². The van der Waals surface area contributed by atoms with E-state index >= 15 is 0 Å². The van der Waals surface area contributed by atoms with Gasteiger partial charge in [0.05, 0.1) is 6.54 Å². The van der Waals surface area contributed by atoms with Gasteiger partial charge in [-0.25, -0.2) is 0 Å². The molecule has 0 aromatic carbocycles. The maximum absolute atomic E-state index is 5.07. The van der Waals surface area contributed by atoms with Crippen molar-refractivity contribution in [3.8, 4) is 0 Å². The molecule has 0 saturated heterocycles. The van der Waals surface area contributed by atoms with Crippen molar-refractivity contribution in [3.05, 3.63) is 11.7 Å². The minimum Gasteiger partial charge on any atom is -0.357 e. The van der Waals surface area contributed by atoms with Crippen LogP contribution in [0.4, 0.5) is 0 Å². The maximum Gasteiger partial charge on any atom is 0.228 e. The van der Waals surface area contributed by atoms with Crippen LogP contribution in [0.5, 0.6) is 0 Å². The summed E-state index contributed by atoms with van der Waals surface area (Å²) in [5.74, 6) is 2.22. The Morgan fingerprint density at radius 3 is 2.75 bits per heavy atom. The summed E-state index contributed by atoms with van der Waals surface area (Å²) < 4.78 is 5.07. The lowest BCUT2D eigenvalue weighted by Gasteiger charge is -2.16. The number of aliphatic imine (C=N–C) groups is 1. The van der Waals surface area contributed by atoms with E-state index in [2.05, 4.69) is 32.7 Å². The van der Waals surface area contributed by atoms with E-state index in [9.17, 15) is 0 Å². The molecule has 2 rings (SSSR count). The van der Waals surface area contributed by atoms with Crippen molar-refractivity contribution in [2.75, 3.05) is 13.1 Å². The van der Waals surface area contributed by atoms with Gasteiger partial charge in [0.2, 0.25) is 5.89 Å². The molecule has 0 bridgehead atoms. The van der Waals surface area contributed by atoms with Crippen LogP contribution in [0.25, 0.3) is 0 Å². The number of aromatic nitrogens is 2. The first-order chi connectivity index (χ1) is 9.28. The molecule has 20 heavy (non-hydrogen) atoms. The maximum atomic E-state index is 5.07. The zero-order chi connectivity index (χ0) is 13.5. The van der Waals surface area contributed by atoms with Gasteiger partial charge in [-0.1, -0.05) is 18.0 Å². The molecule has 0 atom stereocenters. The zero-order valence-corrected chi connectivity index (χ0v) is 14.5. The summed E-state index contributed by atoms with van der Waals surface area (Å²) in [6.07, 6.45) is 5.80. The van der Waals surface area contributed by atoms with Crippen molar-refractivity contribution < 1.29 is 4.52 Å². The molecule has 1 aromatic rings. The van der Waals surface area contributed by atoms with Gasteiger partial charge in [0.25, 0.3) is 0 Å². The van der Waals surface area contributed by atoms with Gasteiger partial charge in [0, 0.05) is 19.0 Å². The van der Waals surface area contributed by atoms with E-state index < -0.39 is 0 Å². The Labute approximate surface area is 137 Å². The molecular formula is C13H24IN5O. The number of nitrogens with one attached hydrogen (secondary N) is 2. The number of nitrogens with zero attached hydrogens (tertiary/aromatic N) is 3. The first-order valence-corrected chi connectivity index (χ1v) is 7.12. The molecule has 0 aliphatic heterocycles. The SMILES string of the molecule is CCNC(=NCCc1nc(C)no1)NC1CCCC1.I. The highest BCUT2D eigenvalue weighted by Gasteiger charge is 2.15. The van der Waals surface area contributed by atoms with E-state index in [-0.39, 0.29) is 24.0 Å². The summed E-state index contributed by atoms with van der Waals surface area (Å²) in [5, 5.41) is 10.5. The van der Waals surface area contributed by atoms with E-state index in [1.54, 1.807) is 0 Å². The predicted octanol–water partition coefficient (Wildman–Crippen LogP) is 2.04.